The Bertz CT molecular complexity index is 908. The molecule has 5 heteroatoms. The number of ether oxygens (including phenoxy) is 1. The van der Waals surface area contributed by atoms with Crippen LogP contribution in [0.15, 0.2) is 52.5 Å². The topological polar surface area (TPSA) is 39.9 Å². The lowest BCUT2D eigenvalue weighted by Crippen LogP contribution is -2.25. The first-order chi connectivity index (χ1) is 13.0. The molecule has 1 aliphatic heterocycles. The fraction of sp³-hybridized carbons (Fsp3) is 0.455. The van der Waals surface area contributed by atoms with Gasteiger partial charge in [-0.15, -0.1) is 0 Å². The lowest BCUT2D eigenvalue weighted by Gasteiger charge is -2.26. The Labute approximate surface area is 165 Å². The van der Waals surface area contributed by atoms with Crippen molar-refractivity contribution in [1.82, 2.24) is 14.5 Å². The lowest BCUT2D eigenvalue weighted by molar-refractivity contribution is 0.0611. The standard InChI is InChI=1S/C22H27N3OS/c1-22(2,3)21-24-19-14-18(27-17-6-10-23-11-7-17)4-5-20(19)25(21)15-16-8-12-26-13-9-16/h4-7,10-11,14,16H,8-9,12-13,15H2,1-3H3. The normalized spacial score (nSPS) is 16.1. The van der Waals surface area contributed by atoms with E-state index in [4.69, 9.17) is 9.72 Å². The molecule has 0 unspecified atom stereocenters. The molecule has 3 heterocycles. The molecule has 2 aromatic heterocycles. The van der Waals surface area contributed by atoms with Gasteiger partial charge in [0.05, 0.1) is 11.0 Å². The van der Waals surface area contributed by atoms with E-state index in [1.807, 2.05) is 24.5 Å². The highest BCUT2D eigenvalue weighted by molar-refractivity contribution is 7.99. The van der Waals surface area contributed by atoms with E-state index in [9.17, 15) is 0 Å². The summed E-state index contributed by atoms with van der Waals surface area (Å²) in [6.07, 6.45) is 5.95. The summed E-state index contributed by atoms with van der Waals surface area (Å²) in [4.78, 5) is 11.6. The van der Waals surface area contributed by atoms with Gasteiger partial charge in [-0.2, -0.15) is 0 Å². The van der Waals surface area contributed by atoms with E-state index in [-0.39, 0.29) is 5.41 Å². The first-order valence-electron chi connectivity index (χ1n) is 9.67. The molecule has 0 spiro atoms. The second-order valence-electron chi connectivity index (χ2n) is 8.29. The van der Waals surface area contributed by atoms with Gasteiger partial charge in [0.2, 0.25) is 0 Å². The van der Waals surface area contributed by atoms with Crippen molar-refractivity contribution in [2.24, 2.45) is 5.92 Å². The SMILES string of the molecule is CC(C)(C)c1nc2cc(Sc3ccncc3)ccc2n1CC1CCOCC1. The molecule has 0 N–H and O–H groups in total. The molecule has 0 bridgehead atoms. The second kappa shape index (κ2) is 7.64. The summed E-state index contributed by atoms with van der Waals surface area (Å²) < 4.78 is 7.99. The quantitative estimate of drug-likeness (QED) is 0.614. The number of hydrogen-bond donors (Lipinski definition) is 0. The minimum absolute atomic E-state index is 0.0165. The Balaban J connectivity index is 1.69. The monoisotopic (exact) mass is 381 g/mol. The molecule has 0 amide bonds. The van der Waals surface area contributed by atoms with Gasteiger partial charge in [0, 0.05) is 47.4 Å². The zero-order valence-corrected chi connectivity index (χ0v) is 17.1. The first kappa shape index (κ1) is 18.5. The molecule has 1 fully saturated rings. The average molecular weight is 382 g/mol. The second-order valence-corrected chi connectivity index (χ2v) is 9.43. The Kier molecular flexibility index (Phi) is 5.24. The van der Waals surface area contributed by atoms with Crippen LogP contribution in [0.3, 0.4) is 0 Å². The van der Waals surface area contributed by atoms with Crippen molar-refractivity contribution in [2.75, 3.05) is 13.2 Å². The summed E-state index contributed by atoms with van der Waals surface area (Å²) in [6, 6.07) is 10.7. The number of benzene rings is 1. The maximum Gasteiger partial charge on any atom is 0.115 e. The van der Waals surface area contributed by atoms with Crippen molar-refractivity contribution in [3.8, 4) is 0 Å². The third-order valence-electron chi connectivity index (χ3n) is 5.06. The van der Waals surface area contributed by atoms with Crippen molar-refractivity contribution in [3.05, 3.63) is 48.5 Å². The van der Waals surface area contributed by atoms with Crippen LogP contribution in [0, 0.1) is 5.92 Å². The number of imidazole rings is 1. The maximum atomic E-state index is 5.54. The molecule has 142 valence electrons. The molecule has 4 nitrogen and oxygen atoms in total. The fourth-order valence-electron chi connectivity index (χ4n) is 3.66. The molecule has 27 heavy (non-hydrogen) atoms. The zero-order valence-electron chi connectivity index (χ0n) is 16.3. The van der Waals surface area contributed by atoms with Crippen LogP contribution in [0.25, 0.3) is 11.0 Å². The van der Waals surface area contributed by atoms with Crippen LogP contribution in [0.2, 0.25) is 0 Å². The largest absolute Gasteiger partial charge is 0.381 e. The van der Waals surface area contributed by atoms with Gasteiger partial charge < -0.3 is 9.30 Å². The van der Waals surface area contributed by atoms with Gasteiger partial charge in [-0.25, -0.2) is 4.98 Å². The predicted molar refractivity (Wildman–Crippen MR) is 110 cm³/mol. The van der Waals surface area contributed by atoms with E-state index in [2.05, 4.69) is 48.5 Å². The van der Waals surface area contributed by atoms with Crippen LogP contribution in [0.1, 0.15) is 39.4 Å². The van der Waals surface area contributed by atoms with Crippen LogP contribution < -0.4 is 0 Å². The Morgan fingerprint density at radius 2 is 1.81 bits per heavy atom. The Hall–Kier alpha value is -1.85. The summed E-state index contributed by atoms with van der Waals surface area (Å²) >= 11 is 1.75. The van der Waals surface area contributed by atoms with Crippen molar-refractivity contribution in [2.45, 2.75) is 55.4 Å². The van der Waals surface area contributed by atoms with Crippen molar-refractivity contribution in [1.29, 1.82) is 0 Å². The van der Waals surface area contributed by atoms with Crippen LogP contribution >= 0.6 is 11.8 Å². The minimum Gasteiger partial charge on any atom is -0.381 e. The molecule has 0 radical (unpaired) electrons. The number of rotatable bonds is 4. The molecule has 1 aromatic carbocycles. The minimum atomic E-state index is 0.0165. The van der Waals surface area contributed by atoms with Gasteiger partial charge in [0.15, 0.2) is 0 Å². The summed E-state index contributed by atoms with van der Waals surface area (Å²) in [5.41, 5.74) is 2.35. The molecule has 0 atom stereocenters. The third kappa shape index (κ3) is 4.19. The van der Waals surface area contributed by atoms with Crippen molar-refractivity contribution in [3.63, 3.8) is 0 Å². The van der Waals surface area contributed by atoms with Crippen molar-refractivity contribution >= 4 is 22.8 Å². The third-order valence-corrected chi connectivity index (χ3v) is 6.06. The molecule has 1 saturated heterocycles. The van der Waals surface area contributed by atoms with E-state index in [0.29, 0.717) is 5.92 Å². The Morgan fingerprint density at radius 3 is 2.52 bits per heavy atom. The van der Waals surface area contributed by atoms with Gasteiger partial charge in [-0.05, 0) is 49.1 Å². The molecule has 1 aliphatic rings. The van der Waals surface area contributed by atoms with Crippen LogP contribution in [-0.2, 0) is 16.7 Å². The van der Waals surface area contributed by atoms with E-state index in [1.165, 1.54) is 21.1 Å². The van der Waals surface area contributed by atoms with Gasteiger partial charge >= 0.3 is 0 Å². The average Bonchev–Trinajstić information content (AvgIpc) is 3.02. The summed E-state index contributed by atoms with van der Waals surface area (Å²) in [5, 5.41) is 0. The maximum absolute atomic E-state index is 5.54. The number of pyridine rings is 1. The summed E-state index contributed by atoms with van der Waals surface area (Å²) in [5.74, 6) is 1.85. The fourth-order valence-corrected chi connectivity index (χ4v) is 4.50. The van der Waals surface area contributed by atoms with Crippen LogP contribution in [0.4, 0.5) is 0 Å². The number of aromatic nitrogens is 3. The summed E-state index contributed by atoms with van der Waals surface area (Å²) in [6.45, 7) is 9.55. The smallest absolute Gasteiger partial charge is 0.115 e. The van der Waals surface area contributed by atoms with Gasteiger partial charge in [0.1, 0.15) is 5.82 Å². The highest BCUT2D eigenvalue weighted by Gasteiger charge is 2.25. The van der Waals surface area contributed by atoms with Gasteiger partial charge in [0.25, 0.3) is 0 Å². The number of fused-ring (bicyclic) bond motifs is 1. The van der Waals surface area contributed by atoms with Crippen LogP contribution in [0.5, 0.6) is 0 Å². The molecule has 0 saturated carbocycles. The highest BCUT2D eigenvalue weighted by atomic mass is 32.2. The zero-order chi connectivity index (χ0) is 18.9. The number of hydrogen-bond acceptors (Lipinski definition) is 4. The molecule has 0 aliphatic carbocycles. The molecular formula is C22H27N3OS. The Morgan fingerprint density at radius 1 is 1.07 bits per heavy atom. The van der Waals surface area contributed by atoms with E-state index >= 15 is 0 Å². The summed E-state index contributed by atoms with van der Waals surface area (Å²) in [7, 11) is 0. The highest BCUT2D eigenvalue weighted by Crippen LogP contribution is 2.33. The van der Waals surface area contributed by atoms with Gasteiger partial charge in [-0.3, -0.25) is 4.98 Å². The van der Waals surface area contributed by atoms with E-state index in [0.717, 1.165) is 38.1 Å². The van der Waals surface area contributed by atoms with Gasteiger partial charge in [-0.1, -0.05) is 32.5 Å². The van der Waals surface area contributed by atoms with E-state index < -0.39 is 0 Å². The predicted octanol–water partition coefficient (Wildman–Crippen LogP) is 5.31. The molecule has 3 aromatic rings. The van der Waals surface area contributed by atoms with Crippen LogP contribution in [-0.4, -0.2) is 27.7 Å². The number of nitrogens with zero attached hydrogens (tertiary/aromatic N) is 3. The molecular weight excluding hydrogens is 354 g/mol. The molecule has 4 rings (SSSR count). The first-order valence-corrected chi connectivity index (χ1v) is 10.5. The van der Waals surface area contributed by atoms with E-state index in [1.54, 1.807) is 11.8 Å². The lowest BCUT2D eigenvalue weighted by atomic mass is 9.94. The van der Waals surface area contributed by atoms with Crippen molar-refractivity contribution < 1.29 is 4.74 Å².